The first kappa shape index (κ1) is 29.6. The maximum absolute atomic E-state index is 12.6. The summed E-state index contributed by atoms with van der Waals surface area (Å²) < 4.78 is 17.4. The van der Waals surface area contributed by atoms with E-state index in [9.17, 15) is 14.4 Å². The van der Waals surface area contributed by atoms with E-state index < -0.39 is 23.6 Å². The molecule has 0 bridgehead atoms. The average molecular weight is 520 g/mol. The minimum atomic E-state index is -1.12. The Labute approximate surface area is 216 Å². The summed E-state index contributed by atoms with van der Waals surface area (Å²) in [5.41, 5.74) is 5.80. The van der Waals surface area contributed by atoms with Crippen LogP contribution >= 0.6 is 0 Å². The Balaban J connectivity index is 1.84. The third-order valence-electron chi connectivity index (χ3n) is 5.09. The molecule has 0 fully saturated rings. The highest BCUT2D eigenvalue weighted by atomic mass is 16.5. The number of esters is 1. The number of carbonyl (C=O) groups excluding carboxylic acids is 3. The van der Waals surface area contributed by atoms with Gasteiger partial charge in [0.15, 0.2) is 5.82 Å². The van der Waals surface area contributed by atoms with E-state index in [-0.39, 0.29) is 25.7 Å². The number of tetrazole rings is 1. The van der Waals surface area contributed by atoms with E-state index in [4.69, 9.17) is 19.9 Å². The van der Waals surface area contributed by atoms with Crippen LogP contribution in [0, 0.1) is 0 Å². The van der Waals surface area contributed by atoms with E-state index in [1.807, 2.05) is 30.3 Å². The van der Waals surface area contributed by atoms with Crippen molar-refractivity contribution in [2.45, 2.75) is 64.8 Å². The van der Waals surface area contributed by atoms with Crippen molar-refractivity contribution < 1.29 is 28.6 Å². The lowest BCUT2D eigenvalue weighted by molar-refractivity contribution is -0.143. The Hall–Kier alpha value is -3.58. The molecule has 0 saturated carbocycles. The van der Waals surface area contributed by atoms with Crippen molar-refractivity contribution in [1.29, 1.82) is 0 Å². The smallest absolute Gasteiger partial charge is 0.407 e. The molecule has 0 aliphatic rings. The summed E-state index contributed by atoms with van der Waals surface area (Å²) in [6.45, 7) is 6.24. The molecule has 1 aromatic carbocycles. The lowest BCUT2D eigenvalue weighted by atomic mass is 10.1. The van der Waals surface area contributed by atoms with Gasteiger partial charge < -0.3 is 30.6 Å². The van der Waals surface area contributed by atoms with Gasteiger partial charge in [0.2, 0.25) is 5.91 Å². The van der Waals surface area contributed by atoms with Crippen LogP contribution in [-0.4, -0.2) is 70.1 Å². The van der Waals surface area contributed by atoms with Crippen molar-refractivity contribution in [2.75, 3.05) is 26.4 Å². The number of hydrogen-bond donors (Lipinski definition) is 3. The van der Waals surface area contributed by atoms with Crippen LogP contribution in [0.15, 0.2) is 30.3 Å². The molecule has 2 aromatic rings. The molecule has 2 rings (SSSR count). The highest BCUT2D eigenvalue weighted by Crippen LogP contribution is 2.13. The number of alkyl carbamates (subject to hydrolysis) is 1. The number of benzene rings is 1. The summed E-state index contributed by atoms with van der Waals surface area (Å²) in [6.07, 6.45) is 1.04. The molecule has 13 nitrogen and oxygen atoms in total. The molecule has 204 valence electrons. The predicted octanol–water partition coefficient (Wildman–Crippen LogP) is 1.24. The van der Waals surface area contributed by atoms with Crippen LogP contribution < -0.4 is 16.4 Å². The SMILES string of the molecule is CCC(=O)OCCCCNC(=O)OCCn1nnnc1[C@@H](COCc1ccccc1)NC(=O)C(C)(C)N. The molecule has 1 aromatic heterocycles. The fraction of sp³-hybridized carbons (Fsp3) is 0.583. The van der Waals surface area contributed by atoms with Crippen molar-refractivity contribution in [2.24, 2.45) is 5.73 Å². The predicted molar refractivity (Wildman–Crippen MR) is 133 cm³/mol. The topological polar surface area (TPSA) is 173 Å². The standard InChI is InChI=1S/C24H37N7O6/c1-4-20(32)36-14-9-8-12-26-23(34)37-15-13-31-21(28-29-30-31)19(27-22(33)24(2,3)25)17-35-16-18-10-6-5-7-11-18/h5-7,10-11,19H,4,8-9,12-17,25H2,1-3H3,(H,26,34)(H,27,33)/t19-/m1/s1. The van der Waals surface area contributed by atoms with Crippen molar-refractivity contribution >= 4 is 18.0 Å². The van der Waals surface area contributed by atoms with E-state index in [2.05, 4.69) is 26.2 Å². The Morgan fingerprint density at radius 3 is 2.57 bits per heavy atom. The largest absolute Gasteiger partial charge is 0.466 e. The number of carbonyl (C=O) groups is 3. The molecule has 0 spiro atoms. The molecule has 0 saturated heterocycles. The molecule has 13 heteroatoms. The number of nitrogens with zero attached hydrogens (tertiary/aromatic N) is 4. The third kappa shape index (κ3) is 11.3. The van der Waals surface area contributed by atoms with Gasteiger partial charge in [0.25, 0.3) is 0 Å². The summed E-state index contributed by atoms with van der Waals surface area (Å²) in [4.78, 5) is 35.6. The zero-order chi connectivity index (χ0) is 27.1. The van der Waals surface area contributed by atoms with Gasteiger partial charge in [0.05, 0.1) is 31.9 Å². The molecule has 0 aliphatic carbocycles. The van der Waals surface area contributed by atoms with Crippen LogP contribution in [0.3, 0.4) is 0 Å². The number of nitrogens with one attached hydrogen (secondary N) is 2. The number of unbranched alkanes of at least 4 members (excludes halogenated alkanes) is 1. The normalized spacial score (nSPS) is 12.0. The van der Waals surface area contributed by atoms with E-state index in [1.165, 1.54) is 4.68 Å². The van der Waals surface area contributed by atoms with Crippen molar-refractivity contribution in [1.82, 2.24) is 30.8 Å². The molecular formula is C24H37N7O6. The first-order valence-electron chi connectivity index (χ1n) is 12.2. The van der Waals surface area contributed by atoms with Gasteiger partial charge in [0, 0.05) is 13.0 Å². The van der Waals surface area contributed by atoms with Gasteiger partial charge >= 0.3 is 12.1 Å². The van der Waals surface area contributed by atoms with Crippen molar-refractivity contribution in [3.63, 3.8) is 0 Å². The molecule has 1 heterocycles. The number of amides is 2. The maximum Gasteiger partial charge on any atom is 0.407 e. The summed E-state index contributed by atoms with van der Waals surface area (Å²) in [5.74, 6) is -0.294. The molecule has 2 amide bonds. The van der Waals surface area contributed by atoms with Crippen LogP contribution in [0.4, 0.5) is 4.79 Å². The van der Waals surface area contributed by atoms with Crippen LogP contribution in [0.1, 0.15) is 57.5 Å². The molecular weight excluding hydrogens is 482 g/mol. The Morgan fingerprint density at radius 2 is 1.86 bits per heavy atom. The zero-order valence-corrected chi connectivity index (χ0v) is 21.6. The summed E-state index contributed by atoms with van der Waals surface area (Å²) in [7, 11) is 0. The molecule has 0 unspecified atom stereocenters. The van der Waals surface area contributed by atoms with Crippen molar-refractivity contribution in [3.8, 4) is 0 Å². The van der Waals surface area contributed by atoms with Gasteiger partial charge in [-0.3, -0.25) is 9.59 Å². The second-order valence-corrected chi connectivity index (χ2v) is 8.85. The second-order valence-electron chi connectivity index (χ2n) is 8.85. The van der Waals surface area contributed by atoms with E-state index >= 15 is 0 Å². The lowest BCUT2D eigenvalue weighted by Gasteiger charge is -2.23. The van der Waals surface area contributed by atoms with Gasteiger partial charge in [0.1, 0.15) is 12.6 Å². The number of ether oxygens (including phenoxy) is 3. The van der Waals surface area contributed by atoms with Gasteiger partial charge in [-0.1, -0.05) is 37.3 Å². The highest BCUT2D eigenvalue weighted by molar-refractivity contribution is 5.85. The minimum absolute atomic E-state index is 0.00586. The zero-order valence-electron chi connectivity index (χ0n) is 21.6. The van der Waals surface area contributed by atoms with Crippen LogP contribution in [0.25, 0.3) is 0 Å². The summed E-state index contributed by atoms with van der Waals surface area (Å²) >= 11 is 0. The number of aromatic nitrogens is 4. The molecule has 1 atom stereocenters. The fourth-order valence-corrected chi connectivity index (χ4v) is 3.00. The average Bonchev–Trinajstić information content (AvgIpc) is 3.33. The minimum Gasteiger partial charge on any atom is -0.466 e. The van der Waals surface area contributed by atoms with Gasteiger partial charge in [-0.05, 0) is 42.7 Å². The second kappa shape index (κ2) is 15.5. The molecule has 37 heavy (non-hydrogen) atoms. The van der Waals surface area contributed by atoms with Crippen LogP contribution in [-0.2, 0) is 37.0 Å². The first-order valence-corrected chi connectivity index (χ1v) is 12.2. The fourth-order valence-electron chi connectivity index (χ4n) is 3.00. The van der Waals surface area contributed by atoms with Crippen molar-refractivity contribution in [3.05, 3.63) is 41.7 Å². The van der Waals surface area contributed by atoms with Gasteiger partial charge in [-0.2, -0.15) is 0 Å². The summed E-state index contributed by atoms with van der Waals surface area (Å²) in [6, 6.07) is 8.93. The molecule has 4 N–H and O–H groups in total. The molecule has 0 radical (unpaired) electrons. The summed E-state index contributed by atoms with van der Waals surface area (Å²) in [5, 5.41) is 17.2. The van der Waals surface area contributed by atoms with Crippen LogP contribution in [0.5, 0.6) is 0 Å². The monoisotopic (exact) mass is 519 g/mol. The van der Waals surface area contributed by atoms with Crippen LogP contribution in [0.2, 0.25) is 0 Å². The lowest BCUT2D eigenvalue weighted by Crippen LogP contribution is -2.51. The Kier molecular flexibility index (Phi) is 12.4. The highest BCUT2D eigenvalue weighted by Gasteiger charge is 2.28. The van der Waals surface area contributed by atoms with E-state index in [1.54, 1.807) is 20.8 Å². The number of hydrogen-bond acceptors (Lipinski definition) is 10. The third-order valence-corrected chi connectivity index (χ3v) is 5.09. The molecule has 0 aliphatic heterocycles. The first-order chi connectivity index (χ1) is 17.7. The van der Waals surface area contributed by atoms with Gasteiger partial charge in [-0.15, -0.1) is 5.10 Å². The van der Waals surface area contributed by atoms with E-state index in [0.29, 0.717) is 44.8 Å². The Morgan fingerprint density at radius 1 is 1.11 bits per heavy atom. The Bertz CT molecular complexity index is 977. The van der Waals surface area contributed by atoms with E-state index in [0.717, 1.165) is 5.56 Å². The maximum atomic E-state index is 12.6. The number of rotatable bonds is 16. The van der Waals surface area contributed by atoms with Gasteiger partial charge in [-0.25, -0.2) is 9.48 Å². The quantitative estimate of drug-likeness (QED) is 0.216. The number of nitrogens with two attached hydrogens (primary N) is 1.